The van der Waals surface area contributed by atoms with Crippen LogP contribution in [0.3, 0.4) is 0 Å². The Kier molecular flexibility index (Phi) is 6.01. The van der Waals surface area contributed by atoms with E-state index in [1.165, 1.54) is 0 Å². The maximum atomic E-state index is 12.4. The van der Waals surface area contributed by atoms with Gasteiger partial charge in [-0.1, -0.05) is 23.2 Å². The second kappa shape index (κ2) is 8.23. The summed E-state index contributed by atoms with van der Waals surface area (Å²) in [6.45, 7) is 3.78. The van der Waals surface area contributed by atoms with E-state index in [4.69, 9.17) is 27.9 Å². The highest BCUT2D eigenvalue weighted by Gasteiger charge is 2.30. The van der Waals surface area contributed by atoms with Gasteiger partial charge in [-0.25, -0.2) is 4.79 Å². The van der Waals surface area contributed by atoms with Gasteiger partial charge in [0, 0.05) is 45.0 Å². The molecule has 0 aromatic heterocycles. The summed E-state index contributed by atoms with van der Waals surface area (Å²) in [6, 6.07) is 4.71. The zero-order valence-corrected chi connectivity index (χ0v) is 15.1. The van der Waals surface area contributed by atoms with Crippen LogP contribution in [0.2, 0.25) is 10.0 Å². The minimum atomic E-state index is -0.426. The van der Waals surface area contributed by atoms with Crippen molar-refractivity contribution in [3.8, 4) is 0 Å². The highest BCUT2D eigenvalue weighted by molar-refractivity contribution is 6.42. The van der Waals surface area contributed by atoms with Crippen molar-refractivity contribution in [2.75, 3.05) is 51.2 Å². The van der Waals surface area contributed by atoms with Gasteiger partial charge in [0.05, 0.1) is 16.7 Å². The first-order chi connectivity index (χ1) is 12.0. The number of morpholine rings is 1. The molecule has 0 radical (unpaired) electrons. The number of halogens is 2. The molecule has 0 bridgehead atoms. The van der Waals surface area contributed by atoms with Gasteiger partial charge < -0.3 is 25.2 Å². The van der Waals surface area contributed by atoms with Gasteiger partial charge in [0.1, 0.15) is 6.10 Å². The molecule has 1 aromatic rings. The number of nitrogens with one attached hydrogen (secondary N) is 2. The first kappa shape index (κ1) is 18.3. The van der Waals surface area contributed by atoms with Gasteiger partial charge >= 0.3 is 6.03 Å². The maximum absolute atomic E-state index is 12.4. The van der Waals surface area contributed by atoms with Crippen molar-refractivity contribution in [1.29, 1.82) is 0 Å². The van der Waals surface area contributed by atoms with E-state index in [0.29, 0.717) is 55.1 Å². The summed E-state index contributed by atoms with van der Waals surface area (Å²) < 4.78 is 5.50. The molecule has 2 aliphatic rings. The molecule has 2 saturated heterocycles. The number of amides is 3. The Balaban J connectivity index is 1.50. The van der Waals surface area contributed by atoms with E-state index in [1.54, 1.807) is 28.0 Å². The molecule has 3 amide bonds. The molecular formula is C16H20Cl2N4O3. The van der Waals surface area contributed by atoms with Crippen molar-refractivity contribution >= 4 is 40.8 Å². The Morgan fingerprint density at radius 3 is 2.48 bits per heavy atom. The fourth-order valence-electron chi connectivity index (χ4n) is 2.83. The molecule has 1 atom stereocenters. The quantitative estimate of drug-likeness (QED) is 0.810. The number of carbonyl (C=O) groups excluding carboxylic acids is 2. The Morgan fingerprint density at radius 1 is 1.12 bits per heavy atom. The third kappa shape index (κ3) is 4.55. The zero-order valence-electron chi connectivity index (χ0n) is 13.6. The van der Waals surface area contributed by atoms with E-state index < -0.39 is 6.10 Å². The van der Waals surface area contributed by atoms with Crippen molar-refractivity contribution in [3.63, 3.8) is 0 Å². The standard InChI is InChI=1S/C16H20Cl2N4O3/c17-12-2-1-11(9-13(12)18)20-16(24)22-6-4-21(5-7-22)15(23)14-10-19-3-8-25-14/h1-2,9,14,19H,3-8,10H2,(H,20,24). The fourth-order valence-corrected chi connectivity index (χ4v) is 3.13. The molecule has 1 aromatic carbocycles. The van der Waals surface area contributed by atoms with E-state index in [9.17, 15) is 9.59 Å². The molecule has 9 heteroatoms. The molecule has 2 heterocycles. The second-order valence-corrected chi connectivity index (χ2v) is 6.75. The molecule has 25 heavy (non-hydrogen) atoms. The minimum absolute atomic E-state index is 0.0169. The highest BCUT2D eigenvalue weighted by Crippen LogP contribution is 2.25. The number of hydrogen-bond donors (Lipinski definition) is 2. The molecule has 136 valence electrons. The predicted molar refractivity (Wildman–Crippen MR) is 96.2 cm³/mol. The summed E-state index contributed by atoms with van der Waals surface area (Å²) in [7, 11) is 0. The number of carbonyl (C=O) groups is 2. The average molecular weight is 387 g/mol. The van der Waals surface area contributed by atoms with Gasteiger partial charge in [0.25, 0.3) is 5.91 Å². The van der Waals surface area contributed by atoms with E-state index >= 15 is 0 Å². The Hall–Kier alpha value is -1.54. The third-order valence-electron chi connectivity index (χ3n) is 4.25. The molecule has 2 fully saturated rings. The lowest BCUT2D eigenvalue weighted by Crippen LogP contribution is -2.56. The van der Waals surface area contributed by atoms with Crippen LogP contribution in [0, 0.1) is 0 Å². The van der Waals surface area contributed by atoms with Crippen LogP contribution in [0.5, 0.6) is 0 Å². The van der Waals surface area contributed by atoms with Crippen LogP contribution in [0.15, 0.2) is 18.2 Å². The summed E-state index contributed by atoms with van der Waals surface area (Å²) in [5, 5.41) is 6.76. The van der Waals surface area contributed by atoms with Gasteiger partial charge in [-0.3, -0.25) is 4.79 Å². The van der Waals surface area contributed by atoms with Gasteiger partial charge in [-0.05, 0) is 18.2 Å². The van der Waals surface area contributed by atoms with Crippen LogP contribution < -0.4 is 10.6 Å². The third-order valence-corrected chi connectivity index (χ3v) is 4.99. The van der Waals surface area contributed by atoms with Gasteiger partial charge in [-0.15, -0.1) is 0 Å². The second-order valence-electron chi connectivity index (χ2n) is 5.93. The first-order valence-corrected chi connectivity index (χ1v) is 8.92. The summed E-state index contributed by atoms with van der Waals surface area (Å²) in [5.74, 6) is -0.0169. The van der Waals surface area contributed by atoms with E-state index in [0.717, 1.165) is 6.54 Å². The maximum Gasteiger partial charge on any atom is 0.321 e. The van der Waals surface area contributed by atoms with Crippen molar-refractivity contribution in [3.05, 3.63) is 28.2 Å². The SMILES string of the molecule is O=C(Nc1ccc(Cl)c(Cl)c1)N1CCN(C(=O)C2CNCCO2)CC1. The van der Waals surface area contributed by atoms with Gasteiger partial charge in [0.15, 0.2) is 0 Å². The zero-order chi connectivity index (χ0) is 17.8. The molecule has 0 saturated carbocycles. The molecular weight excluding hydrogens is 367 g/mol. The van der Waals surface area contributed by atoms with Crippen LogP contribution >= 0.6 is 23.2 Å². The number of anilines is 1. The molecule has 0 aliphatic carbocycles. The largest absolute Gasteiger partial charge is 0.366 e. The van der Waals surface area contributed by atoms with Crippen LogP contribution in [0.25, 0.3) is 0 Å². The Morgan fingerprint density at radius 2 is 1.84 bits per heavy atom. The number of piperazine rings is 1. The Labute approximate surface area is 156 Å². The Bertz CT molecular complexity index is 644. The lowest BCUT2D eigenvalue weighted by atomic mass is 10.2. The predicted octanol–water partition coefficient (Wildman–Crippen LogP) is 1.66. The summed E-state index contributed by atoms with van der Waals surface area (Å²) in [5.41, 5.74) is 0.583. The monoisotopic (exact) mass is 386 g/mol. The topological polar surface area (TPSA) is 73.9 Å². The van der Waals surface area contributed by atoms with Crippen molar-refractivity contribution in [2.45, 2.75) is 6.10 Å². The number of rotatable bonds is 2. The number of nitrogens with zero attached hydrogens (tertiary/aromatic N) is 2. The van der Waals surface area contributed by atoms with Crippen LogP contribution in [-0.4, -0.2) is 73.7 Å². The fraction of sp³-hybridized carbons (Fsp3) is 0.500. The van der Waals surface area contributed by atoms with Crippen molar-refractivity contribution < 1.29 is 14.3 Å². The van der Waals surface area contributed by atoms with Crippen molar-refractivity contribution in [2.24, 2.45) is 0 Å². The van der Waals surface area contributed by atoms with Crippen LogP contribution in [0.1, 0.15) is 0 Å². The van der Waals surface area contributed by atoms with Crippen LogP contribution in [0.4, 0.5) is 10.5 Å². The van der Waals surface area contributed by atoms with Gasteiger partial charge in [0.2, 0.25) is 0 Å². The average Bonchev–Trinajstić information content (AvgIpc) is 2.65. The lowest BCUT2D eigenvalue weighted by Gasteiger charge is -2.37. The first-order valence-electron chi connectivity index (χ1n) is 8.16. The van der Waals surface area contributed by atoms with Gasteiger partial charge in [-0.2, -0.15) is 0 Å². The van der Waals surface area contributed by atoms with E-state index in [-0.39, 0.29) is 11.9 Å². The smallest absolute Gasteiger partial charge is 0.321 e. The van der Waals surface area contributed by atoms with E-state index in [1.807, 2.05) is 0 Å². The molecule has 3 rings (SSSR count). The molecule has 0 spiro atoms. The summed E-state index contributed by atoms with van der Waals surface area (Å²) in [6.07, 6.45) is -0.426. The van der Waals surface area contributed by atoms with Crippen LogP contribution in [-0.2, 0) is 9.53 Å². The highest BCUT2D eigenvalue weighted by atomic mass is 35.5. The molecule has 1 unspecified atom stereocenters. The molecule has 2 aliphatic heterocycles. The number of benzene rings is 1. The minimum Gasteiger partial charge on any atom is -0.366 e. The number of ether oxygens (including phenoxy) is 1. The summed E-state index contributed by atoms with van der Waals surface area (Å²) >= 11 is 11.8. The van der Waals surface area contributed by atoms with E-state index in [2.05, 4.69) is 10.6 Å². The lowest BCUT2D eigenvalue weighted by molar-refractivity contribution is -0.146. The molecule has 7 nitrogen and oxygen atoms in total. The summed E-state index contributed by atoms with van der Waals surface area (Å²) in [4.78, 5) is 28.2. The number of urea groups is 1. The van der Waals surface area contributed by atoms with Crippen molar-refractivity contribution in [1.82, 2.24) is 15.1 Å². The normalized spacial score (nSPS) is 21.1. The molecule has 2 N–H and O–H groups in total. The number of hydrogen-bond acceptors (Lipinski definition) is 4.